The van der Waals surface area contributed by atoms with Gasteiger partial charge in [-0.25, -0.2) is 0 Å². The highest BCUT2D eigenvalue weighted by molar-refractivity contribution is 6.33. The molecule has 1 N–H and O–H groups in total. The van der Waals surface area contributed by atoms with Crippen molar-refractivity contribution >= 4 is 11.6 Å². The summed E-state index contributed by atoms with van der Waals surface area (Å²) in [5, 5.41) is 4.39. The lowest BCUT2D eigenvalue weighted by Gasteiger charge is -2.34. The van der Waals surface area contributed by atoms with Crippen LogP contribution in [0.4, 0.5) is 0 Å². The number of nitrogens with zero attached hydrogens (tertiary/aromatic N) is 1. The van der Waals surface area contributed by atoms with Gasteiger partial charge in [-0.3, -0.25) is 4.90 Å². The molecule has 2 aromatic carbocycles. The highest BCUT2D eigenvalue weighted by Gasteiger charge is 2.19. The molecule has 0 amide bonds. The van der Waals surface area contributed by atoms with Crippen LogP contribution in [0.3, 0.4) is 0 Å². The number of halogens is 1. The summed E-state index contributed by atoms with van der Waals surface area (Å²) in [7, 11) is 0. The minimum atomic E-state index is 0.447. The van der Waals surface area contributed by atoms with Crippen LogP contribution in [0, 0.1) is 0 Å². The van der Waals surface area contributed by atoms with Crippen LogP contribution in [-0.4, -0.2) is 30.6 Å². The maximum atomic E-state index is 6.31. The molecule has 1 aliphatic heterocycles. The summed E-state index contributed by atoms with van der Waals surface area (Å²) >= 11 is 6.31. The van der Waals surface area contributed by atoms with E-state index in [2.05, 4.69) is 53.7 Å². The molecule has 0 bridgehead atoms. The van der Waals surface area contributed by atoms with E-state index in [9.17, 15) is 0 Å². The van der Waals surface area contributed by atoms with Gasteiger partial charge in [-0.05, 0) is 23.6 Å². The fourth-order valence-electron chi connectivity index (χ4n) is 3.51. The fourth-order valence-corrected chi connectivity index (χ4v) is 3.75. The number of rotatable bonds is 7. The minimum absolute atomic E-state index is 0.447. The largest absolute Gasteiger partial charge is 0.311 e. The third-order valence-electron chi connectivity index (χ3n) is 4.86. The molecule has 3 rings (SSSR count). The molecule has 2 nitrogen and oxygen atoms in total. The van der Waals surface area contributed by atoms with Crippen molar-refractivity contribution in [3.05, 3.63) is 96.1 Å². The molecule has 1 atom stereocenters. The van der Waals surface area contributed by atoms with Gasteiger partial charge in [0.1, 0.15) is 0 Å². The molecule has 27 heavy (non-hydrogen) atoms. The molecule has 0 spiro atoms. The number of hydrogen-bond donors (Lipinski definition) is 1. The van der Waals surface area contributed by atoms with Crippen LogP contribution in [0.2, 0.25) is 5.02 Å². The molecule has 3 heteroatoms. The Hall–Kier alpha value is -2.13. The SMILES string of the molecule is C=C/C=C\C(=C)CC1CN(Cc2ccc(-c3ccccc3Cl)cc2)CCN1. The first-order valence-corrected chi connectivity index (χ1v) is 9.80. The van der Waals surface area contributed by atoms with Gasteiger partial charge in [0, 0.05) is 42.8 Å². The Kier molecular flexibility index (Phi) is 7.05. The Labute approximate surface area is 167 Å². The fraction of sp³-hybridized carbons (Fsp3) is 0.250. The molecule has 140 valence electrons. The predicted octanol–water partition coefficient (Wildman–Crippen LogP) is 5.47. The van der Waals surface area contributed by atoms with Crippen LogP contribution in [-0.2, 0) is 6.54 Å². The minimum Gasteiger partial charge on any atom is -0.311 e. The van der Waals surface area contributed by atoms with Crippen molar-refractivity contribution in [1.29, 1.82) is 0 Å². The number of nitrogens with one attached hydrogen (secondary N) is 1. The lowest BCUT2D eigenvalue weighted by atomic mass is 10.0. The van der Waals surface area contributed by atoms with E-state index in [1.54, 1.807) is 6.08 Å². The first-order valence-electron chi connectivity index (χ1n) is 9.42. The number of benzene rings is 2. The van der Waals surface area contributed by atoms with E-state index in [1.165, 1.54) is 5.56 Å². The summed E-state index contributed by atoms with van der Waals surface area (Å²) in [4.78, 5) is 2.51. The Bertz CT molecular complexity index is 807. The van der Waals surface area contributed by atoms with Gasteiger partial charge in [-0.15, -0.1) is 0 Å². The van der Waals surface area contributed by atoms with Crippen molar-refractivity contribution in [1.82, 2.24) is 10.2 Å². The lowest BCUT2D eigenvalue weighted by molar-refractivity contribution is 0.192. The summed E-state index contributed by atoms with van der Waals surface area (Å²) in [6.45, 7) is 11.9. The van der Waals surface area contributed by atoms with Gasteiger partial charge in [0.15, 0.2) is 0 Å². The molecule has 0 aliphatic carbocycles. The summed E-state index contributed by atoms with van der Waals surface area (Å²) < 4.78 is 0. The number of allylic oxidation sites excluding steroid dienone is 3. The van der Waals surface area contributed by atoms with Crippen LogP contribution < -0.4 is 5.32 Å². The van der Waals surface area contributed by atoms with Crippen molar-refractivity contribution in [3.63, 3.8) is 0 Å². The van der Waals surface area contributed by atoms with Gasteiger partial charge < -0.3 is 5.32 Å². The van der Waals surface area contributed by atoms with Crippen molar-refractivity contribution in [2.75, 3.05) is 19.6 Å². The standard InChI is InChI=1S/C24H27ClN2/c1-3-4-7-19(2)16-22-18-27(15-14-26-22)17-20-10-12-21(13-11-20)23-8-5-6-9-24(23)25/h3-13,22,26H,1-2,14-18H2/b7-4-. The molecule has 1 aliphatic rings. The highest BCUT2D eigenvalue weighted by atomic mass is 35.5. The normalized spacial score (nSPS) is 17.9. The second-order valence-electron chi connectivity index (χ2n) is 7.02. The molecule has 1 saturated heterocycles. The molecule has 0 saturated carbocycles. The summed E-state index contributed by atoms with van der Waals surface area (Å²) in [6.07, 6.45) is 6.74. The van der Waals surface area contributed by atoms with Crippen molar-refractivity contribution < 1.29 is 0 Å². The molecular weight excluding hydrogens is 352 g/mol. The van der Waals surface area contributed by atoms with Crippen molar-refractivity contribution in [3.8, 4) is 11.1 Å². The molecule has 0 aromatic heterocycles. The second-order valence-corrected chi connectivity index (χ2v) is 7.43. The van der Waals surface area contributed by atoms with E-state index in [0.29, 0.717) is 6.04 Å². The van der Waals surface area contributed by atoms with Crippen LogP contribution in [0.1, 0.15) is 12.0 Å². The van der Waals surface area contributed by atoms with Gasteiger partial charge in [0.05, 0.1) is 0 Å². The van der Waals surface area contributed by atoms with E-state index < -0.39 is 0 Å². The zero-order chi connectivity index (χ0) is 19.1. The molecule has 1 fully saturated rings. The van der Waals surface area contributed by atoms with Gasteiger partial charge in [0.2, 0.25) is 0 Å². The third kappa shape index (κ3) is 5.67. The van der Waals surface area contributed by atoms with Crippen LogP contribution in [0.25, 0.3) is 11.1 Å². The van der Waals surface area contributed by atoms with Crippen LogP contribution in [0.15, 0.2) is 85.5 Å². The molecule has 2 aromatic rings. The molecular formula is C24H27ClN2. The molecule has 0 radical (unpaired) electrons. The Morgan fingerprint density at radius 3 is 2.70 bits per heavy atom. The quantitative estimate of drug-likeness (QED) is 0.642. The lowest BCUT2D eigenvalue weighted by Crippen LogP contribution is -2.50. The first-order chi connectivity index (χ1) is 13.2. The van der Waals surface area contributed by atoms with Gasteiger partial charge >= 0.3 is 0 Å². The molecule has 1 heterocycles. The smallest absolute Gasteiger partial charge is 0.0484 e. The maximum Gasteiger partial charge on any atom is 0.0484 e. The predicted molar refractivity (Wildman–Crippen MR) is 117 cm³/mol. The number of piperazine rings is 1. The Morgan fingerprint density at radius 1 is 1.19 bits per heavy atom. The van der Waals surface area contributed by atoms with E-state index in [1.807, 2.05) is 30.4 Å². The Morgan fingerprint density at radius 2 is 1.96 bits per heavy atom. The second kappa shape index (κ2) is 9.70. The van der Waals surface area contributed by atoms with Crippen LogP contribution >= 0.6 is 11.6 Å². The van der Waals surface area contributed by atoms with Crippen molar-refractivity contribution in [2.24, 2.45) is 0 Å². The van der Waals surface area contributed by atoms with Crippen molar-refractivity contribution in [2.45, 2.75) is 19.0 Å². The van der Waals surface area contributed by atoms with Gasteiger partial charge in [-0.1, -0.05) is 91.0 Å². The Balaban J connectivity index is 1.58. The highest BCUT2D eigenvalue weighted by Crippen LogP contribution is 2.27. The average Bonchev–Trinajstić information content (AvgIpc) is 2.68. The third-order valence-corrected chi connectivity index (χ3v) is 5.19. The zero-order valence-electron chi connectivity index (χ0n) is 15.7. The summed E-state index contributed by atoms with van der Waals surface area (Å²) in [6, 6.07) is 17.2. The van der Waals surface area contributed by atoms with Gasteiger partial charge in [-0.2, -0.15) is 0 Å². The van der Waals surface area contributed by atoms with Gasteiger partial charge in [0.25, 0.3) is 0 Å². The van der Waals surface area contributed by atoms with Crippen LogP contribution in [0.5, 0.6) is 0 Å². The van der Waals surface area contributed by atoms with E-state index in [0.717, 1.165) is 54.3 Å². The van der Waals surface area contributed by atoms with E-state index in [-0.39, 0.29) is 0 Å². The topological polar surface area (TPSA) is 15.3 Å². The summed E-state index contributed by atoms with van der Waals surface area (Å²) in [5.41, 5.74) is 4.71. The first kappa shape index (κ1) is 19.6. The van der Waals surface area contributed by atoms with E-state index in [4.69, 9.17) is 11.6 Å². The van der Waals surface area contributed by atoms with E-state index >= 15 is 0 Å². The summed E-state index contributed by atoms with van der Waals surface area (Å²) in [5.74, 6) is 0. The maximum absolute atomic E-state index is 6.31. The molecule has 1 unspecified atom stereocenters. The monoisotopic (exact) mass is 378 g/mol. The average molecular weight is 379 g/mol. The zero-order valence-corrected chi connectivity index (χ0v) is 16.5. The number of hydrogen-bond acceptors (Lipinski definition) is 2.